The van der Waals surface area contributed by atoms with Crippen molar-refractivity contribution in [2.75, 3.05) is 0 Å². The van der Waals surface area contributed by atoms with Gasteiger partial charge >= 0.3 is 6.18 Å². The van der Waals surface area contributed by atoms with Gasteiger partial charge in [0, 0.05) is 12.1 Å². The second-order valence-electron chi connectivity index (χ2n) is 5.71. The van der Waals surface area contributed by atoms with Gasteiger partial charge in [-0.15, -0.1) is 0 Å². The third-order valence-corrected chi connectivity index (χ3v) is 3.95. The van der Waals surface area contributed by atoms with E-state index in [0.29, 0.717) is 40.1 Å². The molecule has 1 heterocycles. The van der Waals surface area contributed by atoms with Crippen molar-refractivity contribution in [3.63, 3.8) is 0 Å². The highest BCUT2D eigenvalue weighted by Crippen LogP contribution is 2.40. The molecule has 0 saturated heterocycles. The highest BCUT2D eigenvalue weighted by molar-refractivity contribution is 5.96. The number of nitrogens with zero attached hydrogens (tertiary/aromatic N) is 1. The first-order valence-corrected chi connectivity index (χ1v) is 7.25. The maximum Gasteiger partial charge on any atom is 0.416 e. The van der Waals surface area contributed by atoms with Crippen LogP contribution in [0.3, 0.4) is 0 Å². The lowest BCUT2D eigenvalue weighted by Crippen LogP contribution is -2.06. The van der Waals surface area contributed by atoms with Crippen molar-refractivity contribution in [3.05, 3.63) is 64.2 Å². The Morgan fingerprint density at radius 3 is 2.62 bits per heavy atom. The summed E-state index contributed by atoms with van der Waals surface area (Å²) in [7, 11) is 0. The molecule has 6 heteroatoms. The predicted molar refractivity (Wildman–Crippen MR) is 82.2 cm³/mol. The number of benzene rings is 2. The lowest BCUT2D eigenvalue weighted by atomic mass is 9.97. The number of nitrogens with one attached hydrogen (secondary N) is 1. The molecule has 3 nitrogen and oxygen atoms in total. The van der Waals surface area contributed by atoms with Gasteiger partial charge in [0.25, 0.3) is 0 Å². The maximum atomic E-state index is 12.8. The van der Waals surface area contributed by atoms with Crippen molar-refractivity contribution in [3.8, 4) is 11.8 Å². The summed E-state index contributed by atoms with van der Waals surface area (Å²) in [6.07, 6.45) is -4.56. The lowest BCUT2D eigenvalue weighted by Gasteiger charge is -2.13. The molecule has 0 radical (unpaired) electrons. The molecule has 24 heavy (non-hydrogen) atoms. The van der Waals surface area contributed by atoms with Gasteiger partial charge in [0.1, 0.15) is 11.9 Å². The second kappa shape index (κ2) is 5.68. The fourth-order valence-electron chi connectivity index (χ4n) is 2.73. The number of ether oxygens (including phenoxy) is 1. The Labute approximate surface area is 136 Å². The summed E-state index contributed by atoms with van der Waals surface area (Å²) in [5.74, 6) is 0.420. The van der Waals surface area contributed by atoms with E-state index in [1.54, 1.807) is 25.1 Å². The molecule has 0 fully saturated rings. The van der Waals surface area contributed by atoms with Gasteiger partial charge in [0.2, 0.25) is 0 Å². The van der Waals surface area contributed by atoms with Gasteiger partial charge < -0.3 is 10.1 Å². The number of hydrogen-bond donors (Lipinski definition) is 1. The summed E-state index contributed by atoms with van der Waals surface area (Å²) >= 11 is 0. The maximum absolute atomic E-state index is 12.8. The number of fused-ring (bicyclic) bond motifs is 1. The van der Waals surface area contributed by atoms with Gasteiger partial charge in [0.05, 0.1) is 17.2 Å². The first kappa shape index (κ1) is 16.1. The smallest absolute Gasteiger partial charge is 0.416 e. The van der Waals surface area contributed by atoms with Crippen molar-refractivity contribution < 1.29 is 17.9 Å². The molecule has 2 aromatic carbocycles. The van der Waals surface area contributed by atoms with Gasteiger partial charge in [-0.05, 0) is 60.0 Å². The van der Waals surface area contributed by atoms with E-state index >= 15 is 0 Å². The van der Waals surface area contributed by atoms with Crippen molar-refractivity contribution >= 4 is 5.71 Å². The number of hydrogen-bond acceptors (Lipinski definition) is 3. The molecule has 1 aliphatic rings. The predicted octanol–water partition coefficient (Wildman–Crippen LogP) is 4.64. The first-order valence-electron chi connectivity index (χ1n) is 7.25. The highest BCUT2D eigenvalue weighted by Gasteiger charge is 2.33. The second-order valence-corrected chi connectivity index (χ2v) is 5.71. The van der Waals surface area contributed by atoms with E-state index in [-0.39, 0.29) is 0 Å². The summed E-state index contributed by atoms with van der Waals surface area (Å²) < 4.78 is 44.2. The third kappa shape index (κ3) is 2.98. The average Bonchev–Trinajstić information content (AvgIpc) is 2.96. The number of rotatable bonds is 2. The minimum Gasteiger partial charge on any atom is -0.485 e. The number of nitriles is 1. The highest BCUT2D eigenvalue weighted by atomic mass is 19.4. The Kier molecular flexibility index (Phi) is 3.80. The van der Waals surface area contributed by atoms with E-state index in [2.05, 4.69) is 0 Å². The summed E-state index contributed by atoms with van der Waals surface area (Å²) in [6, 6.07) is 10.5. The fourth-order valence-corrected chi connectivity index (χ4v) is 2.73. The molecule has 0 saturated carbocycles. The summed E-state index contributed by atoms with van der Waals surface area (Å²) in [5, 5.41) is 16.8. The number of halogens is 3. The summed E-state index contributed by atoms with van der Waals surface area (Å²) in [5.41, 5.74) is 1.77. The zero-order chi connectivity index (χ0) is 17.5. The van der Waals surface area contributed by atoms with Crippen molar-refractivity contribution in [1.29, 1.82) is 10.7 Å². The minimum absolute atomic E-state index is 0.296. The quantitative estimate of drug-likeness (QED) is 0.816. The first-order chi connectivity index (χ1) is 11.3. The Morgan fingerprint density at radius 2 is 2.00 bits per heavy atom. The summed E-state index contributed by atoms with van der Waals surface area (Å²) in [4.78, 5) is 0. The van der Waals surface area contributed by atoms with Crippen LogP contribution in [0.2, 0.25) is 0 Å². The van der Waals surface area contributed by atoms with Crippen LogP contribution in [0.1, 0.15) is 40.8 Å². The standard InChI is InChI=1S/C18H13F3N2O/c1-10(23)12-4-11(9-22)5-13(6-12)17-8-14-7-15(18(19,20)21)2-3-16(14)24-17/h2-7,17,23H,8H2,1H3. The van der Waals surface area contributed by atoms with Crippen LogP contribution in [-0.2, 0) is 12.6 Å². The van der Waals surface area contributed by atoms with Crippen molar-refractivity contribution in [2.24, 2.45) is 0 Å². The van der Waals surface area contributed by atoms with E-state index in [1.165, 1.54) is 6.07 Å². The van der Waals surface area contributed by atoms with Crippen LogP contribution in [0.25, 0.3) is 0 Å². The zero-order valence-electron chi connectivity index (χ0n) is 12.7. The molecule has 0 spiro atoms. The van der Waals surface area contributed by atoms with E-state index in [4.69, 9.17) is 15.4 Å². The van der Waals surface area contributed by atoms with Gasteiger partial charge in [-0.2, -0.15) is 18.4 Å². The monoisotopic (exact) mass is 330 g/mol. The van der Waals surface area contributed by atoms with Crippen molar-refractivity contribution in [1.82, 2.24) is 0 Å². The molecule has 0 aliphatic carbocycles. The van der Waals surface area contributed by atoms with E-state index in [1.807, 2.05) is 6.07 Å². The summed E-state index contributed by atoms with van der Waals surface area (Å²) in [6.45, 7) is 1.61. The minimum atomic E-state index is -4.39. The van der Waals surface area contributed by atoms with Gasteiger partial charge in [0.15, 0.2) is 0 Å². The van der Waals surface area contributed by atoms with Gasteiger partial charge in [-0.3, -0.25) is 0 Å². The Balaban J connectivity index is 1.95. The molecule has 0 bridgehead atoms. The molecule has 0 aromatic heterocycles. The topological polar surface area (TPSA) is 56.9 Å². The van der Waals surface area contributed by atoms with Crippen LogP contribution in [0, 0.1) is 16.7 Å². The number of alkyl halides is 3. The molecule has 1 N–H and O–H groups in total. The van der Waals surface area contributed by atoms with Crippen molar-refractivity contribution in [2.45, 2.75) is 25.6 Å². The van der Waals surface area contributed by atoms with Crippen LogP contribution in [0.15, 0.2) is 36.4 Å². The molecule has 0 amide bonds. The largest absolute Gasteiger partial charge is 0.485 e. The Morgan fingerprint density at radius 1 is 1.25 bits per heavy atom. The molecular formula is C18H13F3N2O. The van der Waals surface area contributed by atoms with Gasteiger partial charge in [-0.25, -0.2) is 0 Å². The van der Waals surface area contributed by atoms with Crippen LogP contribution in [-0.4, -0.2) is 5.71 Å². The van der Waals surface area contributed by atoms with Crippen LogP contribution in [0.4, 0.5) is 13.2 Å². The lowest BCUT2D eigenvalue weighted by molar-refractivity contribution is -0.137. The van der Waals surface area contributed by atoms with Crippen LogP contribution in [0.5, 0.6) is 5.75 Å². The van der Waals surface area contributed by atoms with E-state index < -0.39 is 17.8 Å². The van der Waals surface area contributed by atoms with Crippen LogP contribution >= 0.6 is 0 Å². The normalized spacial score (nSPS) is 16.2. The Bertz CT molecular complexity index is 866. The molecular weight excluding hydrogens is 317 g/mol. The Hall–Kier alpha value is -2.81. The SMILES string of the molecule is CC(=N)c1cc(C#N)cc(C2Cc3cc(C(F)(F)F)ccc3O2)c1. The average molecular weight is 330 g/mol. The zero-order valence-corrected chi connectivity index (χ0v) is 12.7. The molecule has 1 atom stereocenters. The third-order valence-electron chi connectivity index (χ3n) is 3.95. The fraction of sp³-hybridized carbons (Fsp3) is 0.222. The van der Waals surface area contributed by atoms with Gasteiger partial charge in [-0.1, -0.05) is 0 Å². The van der Waals surface area contributed by atoms with E-state index in [0.717, 1.165) is 12.1 Å². The molecule has 122 valence electrons. The molecule has 2 aromatic rings. The molecule has 1 aliphatic heterocycles. The molecule has 3 rings (SSSR count). The van der Waals surface area contributed by atoms with Crippen LogP contribution < -0.4 is 4.74 Å². The molecule has 1 unspecified atom stereocenters. The van der Waals surface area contributed by atoms with E-state index in [9.17, 15) is 13.2 Å².